The van der Waals surface area contributed by atoms with Gasteiger partial charge in [-0.1, -0.05) is 11.2 Å². The van der Waals surface area contributed by atoms with Crippen molar-refractivity contribution in [3.05, 3.63) is 41.9 Å². The van der Waals surface area contributed by atoms with E-state index in [2.05, 4.69) is 26.4 Å². The molecule has 0 bridgehead atoms. The topological polar surface area (TPSA) is 74.5 Å². The molecule has 0 aliphatic carbocycles. The summed E-state index contributed by atoms with van der Waals surface area (Å²) in [6.45, 7) is 2.70. The second-order valence-electron chi connectivity index (χ2n) is 6.01. The van der Waals surface area contributed by atoms with Crippen LogP contribution in [0.15, 0.2) is 35.2 Å². The van der Waals surface area contributed by atoms with Crippen LogP contribution in [-0.4, -0.2) is 40.2 Å². The molecule has 0 spiro atoms. The monoisotopic (exact) mass is 313 g/mol. The maximum Gasteiger partial charge on any atom is 0.318 e. The van der Waals surface area contributed by atoms with E-state index in [1.165, 1.54) is 6.26 Å². The van der Waals surface area contributed by atoms with Gasteiger partial charge in [0.1, 0.15) is 17.8 Å². The molecule has 2 amide bonds. The molecule has 2 aliphatic heterocycles. The lowest BCUT2D eigenvalue weighted by atomic mass is 10.2. The van der Waals surface area contributed by atoms with Crippen LogP contribution in [0.2, 0.25) is 0 Å². The predicted molar refractivity (Wildman–Crippen MR) is 83.8 cm³/mol. The molecule has 120 valence electrons. The van der Waals surface area contributed by atoms with Crippen molar-refractivity contribution < 1.29 is 9.32 Å². The van der Waals surface area contributed by atoms with Gasteiger partial charge in [-0.05, 0) is 18.9 Å². The lowest BCUT2D eigenvalue weighted by molar-refractivity contribution is 0.192. The summed E-state index contributed by atoms with van der Waals surface area (Å²) in [5, 5.41) is 6.73. The number of urea groups is 1. The van der Waals surface area contributed by atoms with E-state index < -0.39 is 0 Å². The maximum absolute atomic E-state index is 12.6. The molecule has 4 rings (SSSR count). The number of amides is 2. The first kappa shape index (κ1) is 14.0. The van der Waals surface area contributed by atoms with Gasteiger partial charge in [0, 0.05) is 37.0 Å². The number of carbonyl (C=O) groups excluding carboxylic acids is 1. The molecular formula is C16H19N5O2. The Morgan fingerprint density at radius 1 is 1.43 bits per heavy atom. The zero-order chi connectivity index (χ0) is 15.6. The second kappa shape index (κ2) is 5.91. The van der Waals surface area contributed by atoms with Gasteiger partial charge < -0.3 is 19.6 Å². The Kier molecular flexibility index (Phi) is 3.61. The summed E-state index contributed by atoms with van der Waals surface area (Å²) in [5.74, 6) is 1.03. The van der Waals surface area contributed by atoms with Gasteiger partial charge in [0.15, 0.2) is 0 Å². The third kappa shape index (κ3) is 2.74. The van der Waals surface area contributed by atoms with E-state index >= 15 is 0 Å². The number of carbonyl (C=O) groups is 1. The Morgan fingerprint density at radius 3 is 3.26 bits per heavy atom. The van der Waals surface area contributed by atoms with Crippen molar-refractivity contribution in [1.29, 1.82) is 0 Å². The summed E-state index contributed by atoms with van der Waals surface area (Å²) < 4.78 is 4.79. The largest absolute Gasteiger partial charge is 0.364 e. The Balaban J connectivity index is 1.52. The molecule has 7 heteroatoms. The van der Waals surface area contributed by atoms with Crippen molar-refractivity contribution in [2.45, 2.75) is 32.0 Å². The van der Waals surface area contributed by atoms with Crippen molar-refractivity contribution in [2.24, 2.45) is 0 Å². The van der Waals surface area contributed by atoms with Gasteiger partial charge in [-0.2, -0.15) is 0 Å². The van der Waals surface area contributed by atoms with E-state index in [1.807, 2.05) is 17.2 Å². The third-order valence-electron chi connectivity index (χ3n) is 4.51. The molecule has 7 nitrogen and oxygen atoms in total. The number of rotatable bonds is 2. The minimum atomic E-state index is -0.0726. The zero-order valence-corrected chi connectivity index (χ0v) is 12.8. The van der Waals surface area contributed by atoms with Crippen molar-refractivity contribution in [3.63, 3.8) is 0 Å². The molecule has 1 fully saturated rings. The summed E-state index contributed by atoms with van der Waals surface area (Å²) >= 11 is 0. The van der Waals surface area contributed by atoms with Crippen LogP contribution in [0, 0.1) is 0 Å². The molecule has 0 radical (unpaired) electrons. The first-order valence-corrected chi connectivity index (χ1v) is 7.94. The number of nitrogens with one attached hydrogen (secondary N) is 1. The third-order valence-corrected chi connectivity index (χ3v) is 4.51. The summed E-state index contributed by atoms with van der Waals surface area (Å²) in [7, 11) is 0. The zero-order valence-electron chi connectivity index (χ0n) is 12.8. The highest BCUT2D eigenvalue weighted by molar-refractivity contribution is 5.75. The van der Waals surface area contributed by atoms with E-state index in [0.717, 1.165) is 43.0 Å². The van der Waals surface area contributed by atoms with E-state index in [1.54, 1.807) is 6.07 Å². The molecular weight excluding hydrogens is 294 g/mol. The Morgan fingerprint density at radius 2 is 2.39 bits per heavy atom. The highest BCUT2D eigenvalue weighted by Crippen LogP contribution is 2.31. The Hall–Kier alpha value is -2.57. The average Bonchev–Trinajstić information content (AvgIpc) is 3.22. The first-order chi connectivity index (χ1) is 11.3. The molecule has 2 aliphatic rings. The fourth-order valence-corrected chi connectivity index (χ4v) is 3.40. The van der Waals surface area contributed by atoms with E-state index in [-0.39, 0.29) is 6.03 Å². The number of nitrogens with zero attached hydrogens (tertiary/aromatic N) is 4. The quantitative estimate of drug-likeness (QED) is 0.914. The average molecular weight is 313 g/mol. The SMILES string of the molecule is O=C(NCc1ccon1)N1Cc2cccnc2N2CCC[C@@H]2C1. The van der Waals surface area contributed by atoms with Crippen molar-refractivity contribution in [1.82, 2.24) is 20.4 Å². The number of fused-ring (bicyclic) bond motifs is 3. The number of aromatic nitrogens is 2. The molecule has 4 heterocycles. The maximum atomic E-state index is 12.6. The Labute approximate surface area is 134 Å². The molecule has 0 unspecified atom stereocenters. The first-order valence-electron chi connectivity index (χ1n) is 7.94. The van der Waals surface area contributed by atoms with Crippen LogP contribution in [0.5, 0.6) is 0 Å². The minimum Gasteiger partial charge on any atom is -0.364 e. The van der Waals surface area contributed by atoms with Gasteiger partial charge in [0.2, 0.25) is 0 Å². The molecule has 2 aromatic rings. The minimum absolute atomic E-state index is 0.0726. The normalized spacial score (nSPS) is 19.9. The highest BCUT2D eigenvalue weighted by Gasteiger charge is 2.33. The molecule has 23 heavy (non-hydrogen) atoms. The number of anilines is 1. The lowest BCUT2D eigenvalue weighted by Crippen LogP contribution is -2.44. The van der Waals surface area contributed by atoms with Crippen molar-refractivity contribution >= 4 is 11.8 Å². The molecule has 0 saturated carbocycles. The van der Waals surface area contributed by atoms with Gasteiger partial charge in [0.25, 0.3) is 0 Å². The summed E-state index contributed by atoms with van der Waals surface area (Å²) in [4.78, 5) is 21.3. The van der Waals surface area contributed by atoms with Crippen molar-refractivity contribution in [3.8, 4) is 0 Å². The van der Waals surface area contributed by atoms with Crippen LogP contribution in [0.4, 0.5) is 10.6 Å². The fourth-order valence-electron chi connectivity index (χ4n) is 3.40. The standard InChI is InChI=1S/C16H19N5O2/c22-16(18-9-13-5-8-23-19-13)20-10-12-3-1-6-17-15(12)21-7-2-4-14(21)11-20/h1,3,5-6,8,14H,2,4,7,9-11H2,(H,18,22)/t14-/m1/s1. The number of pyridine rings is 1. The highest BCUT2D eigenvalue weighted by atomic mass is 16.5. The van der Waals surface area contributed by atoms with Crippen LogP contribution in [0.1, 0.15) is 24.1 Å². The molecule has 1 N–H and O–H groups in total. The van der Waals surface area contributed by atoms with Gasteiger partial charge >= 0.3 is 6.03 Å². The van der Waals surface area contributed by atoms with Gasteiger partial charge in [-0.3, -0.25) is 0 Å². The number of hydrogen-bond donors (Lipinski definition) is 1. The van der Waals surface area contributed by atoms with Gasteiger partial charge in [0.05, 0.1) is 13.1 Å². The van der Waals surface area contributed by atoms with Gasteiger partial charge in [-0.15, -0.1) is 0 Å². The molecule has 1 atom stereocenters. The van der Waals surface area contributed by atoms with E-state index in [0.29, 0.717) is 19.1 Å². The van der Waals surface area contributed by atoms with Crippen LogP contribution in [0.25, 0.3) is 0 Å². The van der Waals surface area contributed by atoms with Crippen LogP contribution in [-0.2, 0) is 13.1 Å². The predicted octanol–water partition coefficient (Wildman–Crippen LogP) is 1.76. The second-order valence-corrected chi connectivity index (χ2v) is 6.01. The fraction of sp³-hybridized carbons (Fsp3) is 0.438. The smallest absolute Gasteiger partial charge is 0.318 e. The lowest BCUT2D eigenvalue weighted by Gasteiger charge is -2.26. The molecule has 1 saturated heterocycles. The van der Waals surface area contributed by atoms with Crippen LogP contribution in [0.3, 0.4) is 0 Å². The Bertz CT molecular complexity index is 688. The van der Waals surface area contributed by atoms with Crippen LogP contribution < -0.4 is 10.2 Å². The number of hydrogen-bond acceptors (Lipinski definition) is 5. The summed E-state index contributed by atoms with van der Waals surface area (Å²) in [6, 6.07) is 6.02. The van der Waals surface area contributed by atoms with Gasteiger partial charge in [-0.25, -0.2) is 9.78 Å². The summed E-state index contributed by atoms with van der Waals surface area (Å²) in [6.07, 6.45) is 5.58. The molecule has 2 aromatic heterocycles. The van der Waals surface area contributed by atoms with Crippen LogP contribution >= 0.6 is 0 Å². The molecule has 0 aromatic carbocycles. The van der Waals surface area contributed by atoms with E-state index in [4.69, 9.17) is 4.52 Å². The van der Waals surface area contributed by atoms with E-state index in [9.17, 15) is 4.79 Å². The van der Waals surface area contributed by atoms with Crippen molar-refractivity contribution in [2.75, 3.05) is 18.0 Å². The summed E-state index contributed by atoms with van der Waals surface area (Å²) in [5.41, 5.74) is 1.83.